The number of anilines is 1. The highest BCUT2D eigenvalue weighted by Crippen LogP contribution is 2.29. The fourth-order valence-electron chi connectivity index (χ4n) is 3.92. The molecule has 1 amide bonds. The summed E-state index contributed by atoms with van der Waals surface area (Å²) < 4.78 is 21.2. The molecule has 46 heavy (non-hydrogen) atoms. The summed E-state index contributed by atoms with van der Waals surface area (Å²) in [6.07, 6.45) is 0.174. The Morgan fingerprint density at radius 1 is 0.870 bits per heavy atom. The highest BCUT2D eigenvalue weighted by molar-refractivity contribution is 6.42. The molecular weight excluding hydrogens is 622 g/mol. The molecule has 4 rings (SSSR count). The van der Waals surface area contributed by atoms with Crippen molar-refractivity contribution in [3.05, 3.63) is 108 Å². The predicted molar refractivity (Wildman–Crippen MR) is 163 cm³/mol. The van der Waals surface area contributed by atoms with Crippen LogP contribution in [0.5, 0.6) is 11.5 Å². The van der Waals surface area contributed by atoms with Gasteiger partial charge in [-0.15, -0.1) is 11.6 Å². The molecule has 0 fully saturated rings. The van der Waals surface area contributed by atoms with Crippen molar-refractivity contribution in [3.63, 3.8) is 0 Å². The molecule has 1 aromatic heterocycles. The van der Waals surface area contributed by atoms with E-state index < -0.39 is 48.0 Å². The van der Waals surface area contributed by atoms with Gasteiger partial charge in [0.05, 0.1) is 0 Å². The van der Waals surface area contributed by atoms with E-state index >= 15 is 0 Å². The van der Waals surface area contributed by atoms with Gasteiger partial charge in [-0.05, 0) is 29.3 Å². The minimum absolute atomic E-state index is 0.0206. The van der Waals surface area contributed by atoms with Crippen molar-refractivity contribution in [2.24, 2.45) is 5.16 Å². The maximum absolute atomic E-state index is 13.6. The Hall–Kier alpha value is -5.82. The SMILES string of the molecule is CC(=O)Oc1ccc(C(=O)CO/N=C(\C(=O)OC(c2ccccc2)c2ccccc2)c2coc(NC(=O)CCl)n2)cc1OC(C)=O. The van der Waals surface area contributed by atoms with E-state index in [9.17, 15) is 24.0 Å². The Bertz CT molecular complexity index is 1720. The van der Waals surface area contributed by atoms with Crippen molar-refractivity contribution in [2.45, 2.75) is 20.0 Å². The first-order chi connectivity index (χ1) is 22.1. The fourth-order valence-corrected chi connectivity index (χ4v) is 3.99. The van der Waals surface area contributed by atoms with E-state index in [1.807, 2.05) is 12.1 Å². The molecule has 3 aromatic carbocycles. The summed E-state index contributed by atoms with van der Waals surface area (Å²) in [5.41, 5.74) is 0.685. The second kappa shape index (κ2) is 15.8. The lowest BCUT2D eigenvalue weighted by atomic mass is 10.0. The molecule has 0 bridgehead atoms. The number of alkyl halides is 1. The number of esters is 3. The smallest absolute Gasteiger partial charge is 0.363 e. The molecule has 14 heteroatoms. The number of hydrogen-bond acceptors (Lipinski definition) is 12. The van der Waals surface area contributed by atoms with E-state index in [-0.39, 0.29) is 34.7 Å². The maximum atomic E-state index is 13.6. The number of rotatable bonds is 13. The molecule has 0 radical (unpaired) electrons. The lowest BCUT2D eigenvalue weighted by Crippen LogP contribution is -2.23. The number of Topliss-reactive ketones (excluding diaryl/α,β-unsaturated/α-hetero) is 1. The van der Waals surface area contributed by atoms with Crippen LogP contribution in [0.4, 0.5) is 6.01 Å². The first-order valence-electron chi connectivity index (χ1n) is 13.5. The number of nitrogens with one attached hydrogen (secondary N) is 1. The zero-order chi connectivity index (χ0) is 33.1. The van der Waals surface area contributed by atoms with Crippen molar-refractivity contribution in [1.29, 1.82) is 0 Å². The Labute approximate surface area is 267 Å². The van der Waals surface area contributed by atoms with E-state index in [1.165, 1.54) is 18.2 Å². The monoisotopic (exact) mass is 647 g/mol. The van der Waals surface area contributed by atoms with Gasteiger partial charge in [0.25, 0.3) is 0 Å². The first kappa shape index (κ1) is 33.1. The Kier molecular flexibility index (Phi) is 11.3. The molecule has 0 atom stereocenters. The standard InChI is InChI=1S/C32H26ClN3O10/c1-19(37)44-26-14-13-23(15-27(26)45-20(2)38)25(39)18-43-36-29(24-17-42-32(34-24)35-28(40)16-33)31(41)46-30(21-9-5-3-6-10-21)22-11-7-4-8-12-22/h3-15,17,30H,16,18H2,1-2H3,(H,34,35,40)/b36-29-. The van der Waals surface area contributed by atoms with Crippen molar-refractivity contribution < 1.29 is 47.4 Å². The number of aromatic nitrogens is 1. The second-order valence-electron chi connectivity index (χ2n) is 9.31. The van der Waals surface area contributed by atoms with Gasteiger partial charge in [-0.1, -0.05) is 65.8 Å². The molecule has 0 spiro atoms. The topological polar surface area (TPSA) is 173 Å². The number of amides is 1. The van der Waals surface area contributed by atoms with Gasteiger partial charge in [0.15, 0.2) is 24.2 Å². The van der Waals surface area contributed by atoms with Crippen LogP contribution in [-0.2, 0) is 28.8 Å². The number of carbonyl (C=O) groups excluding carboxylic acids is 5. The zero-order valence-electron chi connectivity index (χ0n) is 24.4. The zero-order valence-corrected chi connectivity index (χ0v) is 25.2. The van der Waals surface area contributed by atoms with Crippen molar-refractivity contribution >= 4 is 52.9 Å². The highest BCUT2D eigenvalue weighted by atomic mass is 35.5. The van der Waals surface area contributed by atoms with Crippen LogP contribution in [0, 0.1) is 0 Å². The molecule has 1 heterocycles. The van der Waals surface area contributed by atoms with Crippen LogP contribution in [0.1, 0.15) is 47.1 Å². The largest absolute Gasteiger partial charge is 0.448 e. The molecule has 4 aromatic rings. The summed E-state index contributed by atoms with van der Waals surface area (Å²) in [7, 11) is 0. The molecule has 0 unspecified atom stereocenters. The third kappa shape index (κ3) is 9.09. The average Bonchev–Trinajstić information content (AvgIpc) is 3.50. The molecule has 0 aliphatic rings. The number of nitrogens with zero attached hydrogens (tertiary/aromatic N) is 2. The summed E-state index contributed by atoms with van der Waals surface area (Å²) in [6.45, 7) is 1.62. The first-order valence-corrected chi connectivity index (χ1v) is 14.0. The summed E-state index contributed by atoms with van der Waals surface area (Å²) in [6, 6.07) is 21.4. The molecule has 0 saturated carbocycles. The van der Waals surface area contributed by atoms with Gasteiger partial charge >= 0.3 is 23.9 Å². The lowest BCUT2D eigenvalue weighted by molar-refractivity contribution is -0.139. The van der Waals surface area contributed by atoms with Crippen molar-refractivity contribution in [3.8, 4) is 11.5 Å². The normalized spacial score (nSPS) is 11.0. The molecule has 13 nitrogen and oxygen atoms in total. The Morgan fingerprint density at radius 2 is 1.48 bits per heavy atom. The van der Waals surface area contributed by atoms with E-state index in [0.717, 1.165) is 20.1 Å². The second-order valence-corrected chi connectivity index (χ2v) is 9.58. The van der Waals surface area contributed by atoms with Gasteiger partial charge in [-0.25, -0.2) is 4.79 Å². The number of hydrogen-bond donors (Lipinski definition) is 1. The number of oxazole rings is 1. The van der Waals surface area contributed by atoms with Gasteiger partial charge in [0.1, 0.15) is 17.8 Å². The minimum Gasteiger partial charge on any atom is -0.448 e. The fraction of sp³-hybridized carbons (Fsp3) is 0.156. The average molecular weight is 648 g/mol. The van der Waals surface area contributed by atoms with Crippen LogP contribution in [0.15, 0.2) is 94.7 Å². The number of benzene rings is 3. The highest BCUT2D eigenvalue weighted by Gasteiger charge is 2.27. The molecule has 236 valence electrons. The van der Waals surface area contributed by atoms with E-state index in [0.29, 0.717) is 11.1 Å². The van der Waals surface area contributed by atoms with Crippen LogP contribution < -0.4 is 14.8 Å². The van der Waals surface area contributed by atoms with Crippen LogP contribution in [0.3, 0.4) is 0 Å². The Balaban J connectivity index is 1.61. The van der Waals surface area contributed by atoms with Crippen LogP contribution in [0.2, 0.25) is 0 Å². The Morgan fingerprint density at radius 3 is 2.07 bits per heavy atom. The summed E-state index contributed by atoms with van der Waals surface area (Å²) in [5.74, 6) is -4.22. The predicted octanol–water partition coefficient (Wildman–Crippen LogP) is 4.64. The van der Waals surface area contributed by atoms with Crippen molar-refractivity contribution in [1.82, 2.24) is 4.98 Å². The van der Waals surface area contributed by atoms with Gasteiger partial charge < -0.3 is 23.5 Å². The summed E-state index contributed by atoms with van der Waals surface area (Å²) >= 11 is 5.53. The van der Waals surface area contributed by atoms with E-state index in [4.69, 9.17) is 35.1 Å². The van der Waals surface area contributed by atoms with E-state index in [1.54, 1.807) is 48.5 Å². The van der Waals surface area contributed by atoms with Gasteiger partial charge in [-0.3, -0.25) is 24.5 Å². The number of oxime groups is 1. The van der Waals surface area contributed by atoms with Crippen LogP contribution >= 0.6 is 11.6 Å². The van der Waals surface area contributed by atoms with Crippen LogP contribution in [-0.4, -0.2) is 52.8 Å². The maximum Gasteiger partial charge on any atom is 0.363 e. The quantitative estimate of drug-likeness (QED) is 0.0535. The number of halogens is 1. The van der Waals surface area contributed by atoms with Gasteiger partial charge in [0.2, 0.25) is 17.4 Å². The molecule has 0 aliphatic heterocycles. The summed E-state index contributed by atoms with van der Waals surface area (Å²) in [4.78, 5) is 70.5. The third-order valence-corrected chi connectivity index (χ3v) is 6.10. The lowest BCUT2D eigenvalue weighted by Gasteiger charge is -2.19. The minimum atomic E-state index is -0.989. The molecular formula is C32H26ClN3O10. The number of ketones is 1. The number of carbonyl (C=O) groups is 5. The molecule has 0 aliphatic carbocycles. The van der Waals surface area contributed by atoms with E-state index in [2.05, 4.69) is 15.5 Å². The van der Waals surface area contributed by atoms with Gasteiger partial charge in [-0.2, -0.15) is 4.98 Å². The molecule has 0 saturated heterocycles. The van der Waals surface area contributed by atoms with Gasteiger partial charge in [0, 0.05) is 19.4 Å². The van der Waals surface area contributed by atoms with Crippen molar-refractivity contribution in [2.75, 3.05) is 17.8 Å². The third-order valence-electron chi connectivity index (χ3n) is 5.86. The molecule has 1 N–H and O–H groups in total. The summed E-state index contributed by atoms with van der Waals surface area (Å²) in [5, 5.41) is 6.16. The number of ether oxygens (including phenoxy) is 3. The van der Waals surface area contributed by atoms with Crippen LogP contribution in [0.25, 0.3) is 0 Å².